The Morgan fingerprint density at radius 2 is 1.55 bits per heavy atom. The largest absolute Gasteiger partial charge is 0.495 e. The third kappa shape index (κ3) is 6.12. The minimum absolute atomic E-state index is 0.387. The molecule has 10 nitrogen and oxygen atoms in total. The quantitative estimate of drug-likeness (QED) is 0.257. The van der Waals surface area contributed by atoms with Crippen LogP contribution >= 0.6 is 0 Å². The van der Waals surface area contributed by atoms with Gasteiger partial charge in [-0.05, 0) is 50.1 Å². The van der Waals surface area contributed by atoms with Gasteiger partial charge in [0.1, 0.15) is 23.2 Å². The predicted octanol–water partition coefficient (Wildman–Crippen LogP) is 5.70. The summed E-state index contributed by atoms with van der Waals surface area (Å²) >= 11 is 0. The summed E-state index contributed by atoms with van der Waals surface area (Å²) in [5.41, 5.74) is 3.00. The Morgan fingerprint density at radius 1 is 0.929 bits per heavy atom. The molecule has 0 aliphatic rings. The fourth-order valence-corrected chi connectivity index (χ4v) is 4.71. The summed E-state index contributed by atoms with van der Waals surface area (Å²) in [4.78, 5) is 41.9. The normalized spacial score (nSPS) is 11.4. The van der Waals surface area contributed by atoms with E-state index in [0.717, 1.165) is 11.1 Å². The van der Waals surface area contributed by atoms with Crippen LogP contribution in [0.1, 0.15) is 31.9 Å². The van der Waals surface area contributed by atoms with Crippen LogP contribution in [0.3, 0.4) is 0 Å². The number of carbonyl (C=O) groups excluding carboxylic acids is 1. The Morgan fingerprint density at radius 3 is 2.12 bits per heavy atom. The minimum Gasteiger partial charge on any atom is -0.495 e. The summed E-state index contributed by atoms with van der Waals surface area (Å²) in [6.07, 6.45) is 0.910. The van der Waals surface area contributed by atoms with Gasteiger partial charge in [0.15, 0.2) is 11.5 Å². The molecular weight excluding hydrogens is 532 g/mol. The van der Waals surface area contributed by atoms with E-state index in [4.69, 9.17) is 9.47 Å². The molecule has 1 amide bonds. The average Bonchev–Trinajstić information content (AvgIpc) is 3.32. The molecule has 0 bridgehead atoms. The number of hydrogen-bond donors (Lipinski definition) is 1. The Labute approximate surface area is 244 Å². The third-order valence-corrected chi connectivity index (χ3v) is 6.64. The lowest BCUT2D eigenvalue weighted by Gasteiger charge is -2.26. The lowest BCUT2D eigenvalue weighted by atomic mass is 10.1. The standard InChI is InChI=1S/C32H34N6O4/c1-32(2,3)42-31(40)36(4)25-18-24(16-17-26(25)41-5)38-29-27(35-30(38)39)28(33-21-34-29)37(19-22-12-8-6-9-13-22)20-23-14-10-7-11-15-23/h6-18,21H,19-20H2,1-5H3,(H,35,39). The first-order chi connectivity index (χ1) is 20.1. The number of rotatable bonds is 8. The van der Waals surface area contributed by atoms with Crippen molar-refractivity contribution in [2.24, 2.45) is 0 Å². The highest BCUT2D eigenvalue weighted by Crippen LogP contribution is 2.32. The van der Waals surface area contributed by atoms with Crippen LogP contribution in [0.2, 0.25) is 0 Å². The van der Waals surface area contributed by atoms with Crippen LogP contribution in [-0.2, 0) is 17.8 Å². The second kappa shape index (κ2) is 11.8. The van der Waals surface area contributed by atoms with Crippen LogP contribution in [0.15, 0.2) is 90.0 Å². The van der Waals surface area contributed by atoms with E-state index >= 15 is 0 Å². The molecule has 5 aromatic rings. The molecule has 0 atom stereocenters. The molecule has 5 rings (SSSR count). The number of nitrogens with one attached hydrogen (secondary N) is 1. The molecular formula is C32H34N6O4. The Balaban J connectivity index is 1.59. The molecule has 2 heterocycles. The highest BCUT2D eigenvalue weighted by Gasteiger charge is 2.25. The van der Waals surface area contributed by atoms with Gasteiger partial charge in [0.25, 0.3) is 0 Å². The smallest absolute Gasteiger partial charge is 0.414 e. The number of amides is 1. The number of fused-ring (bicyclic) bond motifs is 1. The van der Waals surface area contributed by atoms with Gasteiger partial charge in [-0.1, -0.05) is 60.7 Å². The van der Waals surface area contributed by atoms with Gasteiger partial charge in [-0.2, -0.15) is 0 Å². The molecule has 216 valence electrons. The lowest BCUT2D eigenvalue weighted by molar-refractivity contribution is 0.0588. The molecule has 0 saturated heterocycles. The Kier molecular flexibility index (Phi) is 7.97. The summed E-state index contributed by atoms with van der Waals surface area (Å²) < 4.78 is 12.5. The van der Waals surface area contributed by atoms with E-state index in [2.05, 4.69) is 44.1 Å². The van der Waals surface area contributed by atoms with Gasteiger partial charge in [-0.15, -0.1) is 0 Å². The van der Waals surface area contributed by atoms with Crippen LogP contribution in [0.25, 0.3) is 16.9 Å². The van der Waals surface area contributed by atoms with Gasteiger partial charge < -0.3 is 19.4 Å². The van der Waals surface area contributed by atoms with E-state index < -0.39 is 11.7 Å². The summed E-state index contributed by atoms with van der Waals surface area (Å²) in [7, 11) is 3.12. The lowest BCUT2D eigenvalue weighted by Crippen LogP contribution is -2.34. The van der Waals surface area contributed by atoms with Crippen molar-refractivity contribution in [3.8, 4) is 11.4 Å². The van der Waals surface area contributed by atoms with Gasteiger partial charge in [-0.3, -0.25) is 4.90 Å². The van der Waals surface area contributed by atoms with E-state index in [1.54, 1.807) is 46.0 Å². The molecule has 42 heavy (non-hydrogen) atoms. The number of carbonyl (C=O) groups is 1. The average molecular weight is 567 g/mol. The molecule has 0 aliphatic heterocycles. The zero-order valence-electron chi connectivity index (χ0n) is 24.4. The molecule has 3 aromatic carbocycles. The van der Waals surface area contributed by atoms with Crippen LogP contribution in [0, 0.1) is 0 Å². The number of benzene rings is 3. The van der Waals surface area contributed by atoms with Gasteiger partial charge in [-0.25, -0.2) is 24.1 Å². The maximum atomic E-state index is 13.5. The molecule has 0 fully saturated rings. The molecule has 10 heteroatoms. The first-order valence-corrected chi connectivity index (χ1v) is 13.6. The SMILES string of the molecule is COc1ccc(-n2c(=O)[nH]c3c(N(Cc4ccccc4)Cc4ccccc4)ncnc32)cc1N(C)C(=O)OC(C)(C)C. The molecule has 0 saturated carbocycles. The number of methoxy groups -OCH3 is 1. The highest BCUT2D eigenvalue weighted by molar-refractivity contribution is 5.90. The second-order valence-electron chi connectivity index (χ2n) is 10.9. The van der Waals surface area contributed by atoms with Gasteiger partial charge >= 0.3 is 11.8 Å². The van der Waals surface area contributed by atoms with Crippen LogP contribution in [0.5, 0.6) is 5.75 Å². The number of aromatic nitrogens is 4. The highest BCUT2D eigenvalue weighted by atomic mass is 16.6. The number of aromatic amines is 1. The first-order valence-electron chi connectivity index (χ1n) is 13.6. The van der Waals surface area contributed by atoms with Crippen LogP contribution in [-0.4, -0.2) is 45.4 Å². The van der Waals surface area contributed by atoms with E-state index in [1.165, 1.54) is 22.9 Å². The molecule has 0 aliphatic carbocycles. The minimum atomic E-state index is -0.678. The van der Waals surface area contributed by atoms with Crippen molar-refractivity contribution in [2.75, 3.05) is 24.0 Å². The Bertz CT molecular complexity index is 1700. The van der Waals surface area contributed by atoms with Crippen molar-refractivity contribution in [3.05, 3.63) is 107 Å². The van der Waals surface area contributed by atoms with Crippen molar-refractivity contribution in [1.29, 1.82) is 0 Å². The maximum absolute atomic E-state index is 13.5. The number of hydrogen-bond acceptors (Lipinski definition) is 7. The van der Waals surface area contributed by atoms with Crippen molar-refractivity contribution in [1.82, 2.24) is 19.5 Å². The zero-order valence-corrected chi connectivity index (χ0v) is 24.4. The first kappa shape index (κ1) is 28.4. The van der Waals surface area contributed by atoms with Gasteiger partial charge in [0, 0.05) is 20.1 Å². The molecule has 0 unspecified atom stereocenters. The molecule has 0 radical (unpaired) electrons. The zero-order chi connectivity index (χ0) is 29.9. The van der Waals surface area contributed by atoms with Crippen LogP contribution < -0.4 is 20.2 Å². The van der Waals surface area contributed by atoms with E-state index in [9.17, 15) is 9.59 Å². The van der Waals surface area contributed by atoms with E-state index in [-0.39, 0.29) is 5.69 Å². The number of imidazole rings is 1. The predicted molar refractivity (Wildman–Crippen MR) is 163 cm³/mol. The number of nitrogens with zero attached hydrogens (tertiary/aromatic N) is 5. The van der Waals surface area contributed by atoms with Crippen molar-refractivity contribution < 1.29 is 14.3 Å². The maximum Gasteiger partial charge on any atom is 0.414 e. The van der Waals surface area contributed by atoms with Gasteiger partial charge in [0.05, 0.1) is 18.5 Å². The van der Waals surface area contributed by atoms with Crippen molar-refractivity contribution >= 4 is 28.8 Å². The van der Waals surface area contributed by atoms with Crippen LogP contribution in [0.4, 0.5) is 16.3 Å². The fourth-order valence-electron chi connectivity index (χ4n) is 4.71. The molecule has 0 spiro atoms. The van der Waals surface area contributed by atoms with Gasteiger partial charge in [0.2, 0.25) is 0 Å². The fraction of sp³-hybridized carbons (Fsp3) is 0.250. The topological polar surface area (TPSA) is 106 Å². The number of H-pyrrole nitrogens is 1. The summed E-state index contributed by atoms with van der Waals surface area (Å²) in [6.45, 7) is 6.54. The monoisotopic (exact) mass is 566 g/mol. The Hall–Kier alpha value is -5.12. The number of ether oxygens (including phenoxy) is 2. The third-order valence-electron chi connectivity index (χ3n) is 6.64. The van der Waals surface area contributed by atoms with Crippen molar-refractivity contribution in [2.45, 2.75) is 39.5 Å². The molecule has 1 N–H and O–H groups in total. The summed E-state index contributed by atoms with van der Waals surface area (Å²) in [5, 5.41) is 0. The van der Waals surface area contributed by atoms with E-state index in [1.807, 2.05) is 36.4 Å². The molecule has 2 aromatic heterocycles. The second-order valence-corrected chi connectivity index (χ2v) is 10.9. The van der Waals surface area contributed by atoms with Crippen molar-refractivity contribution in [3.63, 3.8) is 0 Å². The summed E-state index contributed by atoms with van der Waals surface area (Å²) in [6, 6.07) is 25.3. The van der Waals surface area contributed by atoms with E-state index in [0.29, 0.717) is 47.2 Å². The summed E-state index contributed by atoms with van der Waals surface area (Å²) in [5.74, 6) is 1.05. The number of anilines is 2.